The highest BCUT2D eigenvalue weighted by Crippen LogP contribution is 2.25. The number of hydrogen-bond donors (Lipinski definition) is 0. The topological polar surface area (TPSA) is 62.7 Å². The Morgan fingerprint density at radius 3 is 2.67 bits per heavy atom. The zero-order valence-corrected chi connectivity index (χ0v) is 18.4. The third kappa shape index (κ3) is 5.28. The van der Waals surface area contributed by atoms with Crippen LogP contribution in [0.3, 0.4) is 0 Å². The predicted octanol–water partition coefficient (Wildman–Crippen LogP) is 4.55. The first kappa shape index (κ1) is 21.0. The lowest BCUT2D eigenvalue weighted by Gasteiger charge is -2.35. The van der Waals surface area contributed by atoms with E-state index in [0.717, 1.165) is 44.0 Å². The van der Waals surface area contributed by atoms with Crippen LogP contribution in [0.4, 0.5) is 0 Å². The van der Waals surface area contributed by atoms with Crippen LogP contribution in [0.25, 0.3) is 11.3 Å². The summed E-state index contributed by atoms with van der Waals surface area (Å²) in [7, 11) is 0. The van der Waals surface area contributed by atoms with Gasteiger partial charge in [0.2, 0.25) is 11.8 Å². The maximum absolute atomic E-state index is 12.8. The number of carbonyl (C=O) groups is 1. The molecule has 30 heavy (non-hydrogen) atoms. The average molecular weight is 446 g/mol. The number of piperazine rings is 1. The largest absolute Gasteiger partial charge is 0.468 e. The van der Waals surface area contributed by atoms with Crippen LogP contribution >= 0.6 is 23.4 Å². The van der Waals surface area contributed by atoms with Gasteiger partial charge in [-0.05, 0) is 43.3 Å². The molecule has 2 aromatic heterocycles. The second kappa shape index (κ2) is 9.73. The van der Waals surface area contributed by atoms with Gasteiger partial charge in [-0.2, -0.15) is 0 Å². The molecule has 6 nitrogen and oxygen atoms in total. The molecule has 3 aromatic rings. The first-order valence-corrected chi connectivity index (χ1v) is 11.4. The van der Waals surface area contributed by atoms with Crippen molar-refractivity contribution in [2.24, 2.45) is 0 Å². The van der Waals surface area contributed by atoms with Gasteiger partial charge in [0.25, 0.3) is 0 Å². The van der Waals surface area contributed by atoms with E-state index in [1.807, 2.05) is 48.2 Å². The van der Waals surface area contributed by atoms with Gasteiger partial charge in [0, 0.05) is 36.8 Å². The molecule has 1 atom stereocenters. The number of thioether (sulfide) groups is 1. The lowest BCUT2D eigenvalue weighted by atomic mass is 10.2. The minimum atomic E-state index is -0.146. The summed E-state index contributed by atoms with van der Waals surface area (Å²) in [5.41, 5.74) is 0.930. The Balaban J connectivity index is 1.24. The van der Waals surface area contributed by atoms with Crippen molar-refractivity contribution in [1.82, 2.24) is 14.8 Å². The maximum Gasteiger partial charge on any atom is 0.235 e. The molecule has 158 valence electrons. The number of nitrogens with zero attached hydrogens (tertiary/aromatic N) is 3. The van der Waals surface area contributed by atoms with Crippen LogP contribution in [0.2, 0.25) is 5.02 Å². The Kier molecular flexibility index (Phi) is 6.82. The smallest absolute Gasteiger partial charge is 0.235 e. The molecule has 0 radical (unpaired) electrons. The first-order valence-electron chi connectivity index (χ1n) is 9.94. The van der Waals surface area contributed by atoms with Crippen molar-refractivity contribution in [3.8, 4) is 11.3 Å². The number of aromatic nitrogens is 1. The monoisotopic (exact) mass is 445 g/mol. The number of rotatable bonds is 7. The normalized spacial score (nSPS) is 16.0. The van der Waals surface area contributed by atoms with E-state index in [1.54, 1.807) is 24.2 Å². The van der Waals surface area contributed by atoms with Crippen LogP contribution in [0.1, 0.15) is 18.6 Å². The third-order valence-electron chi connectivity index (χ3n) is 5.13. The highest BCUT2D eigenvalue weighted by molar-refractivity contribution is 7.99. The minimum Gasteiger partial charge on any atom is -0.468 e. The van der Waals surface area contributed by atoms with Crippen LogP contribution in [0.15, 0.2) is 57.7 Å². The van der Waals surface area contributed by atoms with E-state index in [4.69, 9.17) is 20.4 Å². The Bertz CT molecular complexity index is 950. The lowest BCUT2D eigenvalue weighted by Crippen LogP contribution is -2.50. The van der Waals surface area contributed by atoms with Gasteiger partial charge in [-0.3, -0.25) is 9.69 Å². The number of amides is 1. The summed E-state index contributed by atoms with van der Waals surface area (Å²) in [6.45, 7) is 5.93. The van der Waals surface area contributed by atoms with E-state index >= 15 is 0 Å². The molecule has 1 unspecified atom stereocenters. The van der Waals surface area contributed by atoms with E-state index < -0.39 is 0 Å². The van der Waals surface area contributed by atoms with Crippen molar-refractivity contribution in [1.29, 1.82) is 0 Å². The second-order valence-corrected chi connectivity index (χ2v) is 9.02. The molecule has 4 rings (SSSR count). The van der Waals surface area contributed by atoms with Crippen molar-refractivity contribution < 1.29 is 13.6 Å². The van der Waals surface area contributed by atoms with E-state index in [1.165, 1.54) is 0 Å². The molecule has 0 spiro atoms. The highest BCUT2D eigenvalue weighted by Gasteiger charge is 2.25. The Hall–Kier alpha value is -2.22. The summed E-state index contributed by atoms with van der Waals surface area (Å²) < 4.78 is 11.2. The fourth-order valence-corrected chi connectivity index (χ4v) is 4.34. The van der Waals surface area contributed by atoms with Gasteiger partial charge in [0.15, 0.2) is 5.76 Å². The molecule has 0 saturated carbocycles. The summed E-state index contributed by atoms with van der Waals surface area (Å²) in [6, 6.07) is 11.3. The Labute approximate surface area is 185 Å². The number of oxazole rings is 1. The maximum atomic E-state index is 12.8. The lowest BCUT2D eigenvalue weighted by molar-refractivity contribution is -0.132. The van der Waals surface area contributed by atoms with Gasteiger partial charge in [0.1, 0.15) is 5.76 Å². The van der Waals surface area contributed by atoms with Gasteiger partial charge in [0.05, 0.1) is 30.0 Å². The molecule has 1 amide bonds. The summed E-state index contributed by atoms with van der Waals surface area (Å²) in [4.78, 5) is 21.4. The quantitative estimate of drug-likeness (QED) is 0.531. The molecular weight excluding hydrogens is 422 g/mol. The predicted molar refractivity (Wildman–Crippen MR) is 118 cm³/mol. The van der Waals surface area contributed by atoms with E-state index in [2.05, 4.69) is 9.88 Å². The summed E-state index contributed by atoms with van der Waals surface area (Å²) >= 11 is 7.48. The zero-order chi connectivity index (χ0) is 20.9. The molecule has 0 N–H and O–H groups in total. The number of benzene rings is 1. The molecule has 1 aromatic carbocycles. The van der Waals surface area contributed by atoms with Crippen LogP contribution in [-0.4, -0.2) is 52.1 Å². The molecule has 1 fully saturated rings. The van der Waals surface area contributed by atoms with Crippen LogP contribution < -0.4 is 0 Å². The summed E-state index contributed by atoms with van der Waals surface area (Å²) in [6.07, 6.45) is 3.41. The highest BCUT2D eigenvalue weighted by atomic mass is 35.5. The average Bonchev–Trinajstić information content (AvgIpc) is 3.45. The Morgan fingerprint density at radius 1 is 1.20 bits per heavy atom. The third-order valence-corrected chi connectivity index (χ3v) is 6.50. The van der Waals surface area contributed by atoms with Crippen molar-refractivity contribution in [2.75, 3.05) is 26.2 Å². The SMILES string of the molecule is CC(SCc1ncc(-c2ccc(Cl)cc2)o1)C(=O)N1CCN(Cc2ccco2)CC1. The molecule has 1 aliphatic rings. The van der Waals surface area contributed by atoms with Crippen LogP contribution in [0, 0.1) is 0 Å². The van der Waals surface area contributed by atoms with Crippen molar-refractivity contribution >= 4 is 29.3 Å². The van der Waals surface area contributed by atoms with Gasteiger partial charge >= 0.3 is 0 Å². The molecule has 0 bridgehead atoms. The molecule has 3 heterocycles. The van der Waals surface area contributed by atoms with E-state index in [9.17, 15) is 4.79 Å². The standard InChI is InChI=1S/C22H24ClN3O3S/c1-16(22(27)26-10-8-25(9-11-26)14-19-3-2-12-28-19)30-15-21-24-13-20(29-21)17-4-6-18(23)7-5-17/h2-7,12-13,16H,8-11,14-15H2,1H3. The van der Waals surface area contributed by atoms with Crippen molar-refractivity contribution in [2.45, 2.75) is 24.5 Å². The molecule has 0 aliphatic carbocycles. The Morgan fingerprint density at radius 2 is 1.97 bits per heavy atom. The fraction of sp³-hybridized carbons (Fsp3) is 0.364. The van der Waals surface area contributed by atoms with Crippen LogP contribution in [-0.2, 0) is 17.1 Å². The van der Waals surface area contributed by atoms with E-state index in [-0.39, 0.29) is 11.2 Å². The fourth-order valence-electron chi connectivity index (χ4n) is 3.40. The van der Waals surface area contributed by atoms with Gasteiger partial charge in [-0.25, -0.2) is 4.98 Å². The summed E-state index contributed by atoms with van der Waals surface area (Å²) in [5.74, 6) is 3.01. The van der Waals surface area contributed by atoms with Crippen molar-refractivity contribution in [3.05, 3.63) is 65.5 Å². The molecule has 8 heteroatoms. The van der Waals surface area contributed by atoms with Crippen molar-refractivity contribution in [3.63, 3.8) is 0 Å². The first-order chi connectivity index (χ1) is 14.6. The van der Waals surface area contributed by atoms with E-state index in [0.29, 0.717) is 22.4 Å². The van der Waals surface area contributed by atoms with Gasteiger partial charge in [-0.1, -0.05) is 11.6 Å². The van der Waals surface area contributed by atoms with Crippen LogP contribution in [0.5, 0.6) is 0 Å². The number of furan rings is 1. The molecular formula is C22H24ClN3O3S. The number of carbonyl (C=O) groups excluding carboxylic acids is 1. The molecule has 1 saturated heterocycles. The number of halogens is 1. The second-order valence-electron chi connectivity index (χ2n) is 7.26. The minimum absolute atomic E-state index is 0.146. The van der Waals surface area contributed by atoms with Gasteiger partial charge < -0.3 is 13.7 Å². The molecule has 1 aliphatic heterocycles. The summed E-state index contributed by atoms with van der Waals surface area (Å²) in [5, 5.41) is 0.538. The van der Waals surface area contributed by atoms with Gasteiger partial charge in [-0.15, -0.1) is 11.8 Å². The number of hydrogen-bond acceptors (Lipinski definition) is 6. The zero-order valence-electron chi connectivity index (χ0n) is 16.8.